The second kappa shape index (κ2) is 9.07. The Hall–Kier alpha value is -3.56. The van der Waals surface area contributed by atoms with E-state index in [1.807, 2.05) is 30.3 Å². The Kier molecular flexibility index (Phi) is 6.06. The third-order valence-electron chi connectivity index (χ3n) is 5.16. The molecule has 1 fully saturated rings. The molecule has 3 N–H and O–H groups in total. The van der Waals surface area contributed by atoms with Gasteiger partial charge in [-0.05, 0) is 25.0 Å². The van der Waals surface area contributed by atoms with Crippen molar-refractivity contribution < 1.29 is 19.4 Å². The number of carbonyl (C=O) groups is 2. The Labute approximate surface area is 178 Å². The van der Waals surface area contributed by atoms with Crippen molar-refractivity contribution >= 4 is 28.5 Å². The summed E-state index contributed by atoms with van der Waals surface area (Å²) in [6.45, 7) is 1.79. The number of benzene rings is 2. The number of amides is 1. The first kappa shape index (κ1) is 20.7. The van der Waals surface area contributed by atoms with E-state index in [1.54, 1.807) is 31.2 Å². The first-order chi connectivity index (χ1) is 15.1. The summed E-state index contributed by atoms with van der Waals surface area (Å²) in [5.74, 6) is -1.18. The Morgan fingerprint density at radius 1 is 1.13 bits per heavy atom. The average molecular weight is 421 g/mol. The maximum atomic E-state index is 12.6. The highest BCUT2D eigenvalue weighted by atomic mass is 16.5. The number of esters is 1. The molecule has 1 aromatic heterocycles. The quantitative estimate of drug-likeness (QED) is 0.416. The van der Waals surface area contributed by atoms with Gasteiger partial charge in [-0.1, -0.05) is 48.5 Å². The van der Waals surface area contributed by atoms with E-state index in [9.17, 15) is 14.7 Å². The summed E-state index contributed by atoms with van der Waals surface area (Å²) in [5, 5.41) is 19.1. The van der Waals surface area contributed by atoms with Crippen molar-refractivity contribution in [3.63, 3.8) is 0 Å². The summed E-state index contributed by atoms with van der Waals surface area (Å²) < 4.78 is 6.37. The van der Waals surface area contributed by atoms with Crippen LogP contribution in [0.5, 0.6) is 5.88 Å². The van der Waals surface area contributed by atoms with Crippen LogP contribution in [0.15, 0.2) is 64.8 Å². The van der Waals surface area contributed by atoms with E-state index in [1.165, 1.54) is 4.57 Å². The summed E-state index contributed by atoms with van der Waals surface area (Å²) in [7, 11) is 0. The number of aromatic hydroxyl groups is 1. The Bertz CT molecular complexity index is 1130. The number of nitrogens with zero attached hydrogens (tertiary/aromatic N) is 3. The predicted octanol–water partition coefficient (Wildman–Crippen LogP) is 3.13. The third-order valence-corrected chi connectivity index (χ3v) is 5.16. The van der Waals surface area contributed by atoms with E-state index < -0.39 is 17.9 Å². The molecule has 1 amide bonds. The smallest absolute Gasteiger partial charge is 0.326 e. The molecule has 9 heteroatoms. The monoisotopic (exact) mass is 421 g/mol. The minimum absolute atomic E-state index is 0.00903. The number of para-hydroxylation sites is 1. The zero-order valence-corrected chi connectivity index (χ0v) is 17.0. The van der Waals surface area contributed by atoms with Gasteiger partial charge in [0.05, 0.1) is 12.1 Å². The van der Waals surface area contributed by atoms with E-state index in [2.05, 4.69) is 21.1 Å². The van der Waals surface area contributed by atoms with Crippen LogP contribution < -0.4 is 10.9 Å². The van der Waals surface area contributed by atoms with Gasteiger partial charge in [-0.2, -0.15) is 0 Å². The normalized spacial score (nSPS) is 18.6. The fourth-order valence-corrected chi connectivity index (χ4v) is 3.66. The van der Waals surface area contributed by atoms with Gasteiger partial charge in [0.2, 0.25) is 5.88 Å². The molecule has 160 valence electrons. The minimum atomic E-state index is -0.538. The number of hydrogen-bond acceptors (Lipinski definition) is 7. The molecule has 9 nitrogen and oxygen atoms in total. The molecule has 0 bridgehead atoms. The van der Waals surface area contributed by atoms with Gasteiger partial charge in [-0.3, -0.25) is 14.2 Å². The zero-order valence-electron chi connectivity index (χ0n) is 17.0. The molecule has 2 atom stereocenters. The molecule has 1 aliphatic heterocycles. The zero-order chi connectivity index (χ0) is 21.8. The van der Waals surface area contributed by atoms with Crippen LogP contribution >= 0.6 is 0 Å². The lowest BCUT2D eigenvalue weighted by Gasteiger charge is -2.08. The van der Waals surface area contributed by atoms with Gasteiger partial charge >= 0.3 is 5.97 Å². The first-order valence-corrected chi connectivity index (χ1v) is 10.1. The van der Waals surface area contributed by atoms with Crippen molar-refractivity contribution in [2.45, 2.75) is 32.0 Å². The van der Waals surface area contributed by atoms with E-state index in [0.29, 0.717) is 17.3 Å². The molecule has 4 rings (SSSR count). The highest BCUT2D eigenvalue weighted by Crippen LogP contribution is 2.39. The van der Waals surface area contributed by atoms with Gasteiger partial charge in [0, 0.05) is 11.4 Å². The van der Waals surface area contributed by atoms with Crippen molar-refractivity contribution in [2.75, 3.05) is 6.61 Å². The fourth-order valence-electron chi connectivity index (χ4n) is 3.66. The number of ether oxygens (including phenoxy) is 1. The summed E-state index contributed by atoms with van der Waals surface area (Å²) in [5.41, 5.74) is 7.87. The lowest BCUT2D eigenvalue weighted by molar-refractivity contribution is -0.143. The molecule has 31 heavy (non-hydrogen) atoms. The second-order valence-electron chi connectivity index (χ2n) is 7.16. The molecule has 2 heterocycles. The molecule has 0 aliphatic carbocycles. The van der Waals surface area contributed by atoms with Gasteiger partial charge in [-0.15, -0.1) is 10.2 Å². The number of hydrazine groups is 1. The van der Waals surface area contributed by atoms with Crippen LogP contribution in [0.25, 0.3) is 10.9 Å². The van der Waals surface area contributed by atoms with E-state index in [4.69, 9.17) is 4.74 Å². The van der Waals surface area contributed by atoms with Gasteiger partial charge in [-0.25, -0.2) is 10.9 Å². The third kappa shape index (κ3) is 4.32. The average Bonchev–Trinajstić information content (AvgIpc) is 3.38. The highest BCUT2D eigenvalue weighted by Gasteiger charge is 2.30. The number of hydrogen-bond donors (Lipinski definition) is 3. The molecule has 0 spiro atoms. The van der Waals surface area contributed by atoms with Crippen LogP contribution in [-0.2, 0) is 20.9 Å². The van der Waals surface area contributed by atoms with E-state index in [0.717, 1.165) is 5.56 Å². The number of fused-ring (bicyclic) bond motifs is 1. The van der Waals surface area contributed by atoms with Crippen molar-refractivity contribution in [3.05, 3.63) is 60.2 Å². The Balaban J connectivity index is 1.54. The molecule has 0 saturated carbocycles. The maximum absolute atomic E-state index is 12.6. The number of aromatic nitrogens is 1. The molecule has 3 aromatic rings. The molecule has 0 radical (unpaired) electrons. The van der Waals surface area contributed by atoms with Crippen LogP contribution in [-0.4, -0.2) is 34.2 Å². The van der Waals surface area contributed by atoms with Crippen molar-refractivity contribution in [2.24, 2.45) is 10.2 Å². The Morgan fingerprint density at radius 3 is 2.65 bits per heavy atom. The summed E-state index contributed by atoms with van der Waals surface area (Å²) >= 11 is 0. The van der Waals surface area contributed by atoms with E-state index >= 15 is 0 Å². The molecule has 2 aromatic carbocycles. The summed E-state index contributed by atoms with van der Waals surface area (Å²) in [4.78, 5) is 24.5. The second-order valence-corrected chi connectivity index (χ2v) is 7.16. The van der Waals surface area contributed by atoms with Gasteiger partial charge in [0.1, 0.15) is 12.6 Å². The first-order valence-electron chi connectivity index (χ1n) is 10.1. The molecule has 1 saturated heterocycles. The lowest BCUT2D eigenvalue weighted by atomic mass is 10.0. The summed E-state index contributed by atoms with van der Waals surface area (Å²) in [6.07, 6.45) is 0.526. The fraction of sp³-hybridized carbons (Fsp3) is 0.273. The minimum Gasteiger partial charge on any atom is -0.493 e. The maximum Gasteiger partial charge on any atom is 0.326 e. The predicted molar refractivity (Wildman–Crippen MR) is 114 cm³/mol. The number of nitrogens with one attached hydrogen (secondary N) is 2. The van der Waals surface area contributed by atoms with Crippen LogP contribution in [0.3, 0.4) is 0 Å². The highest BCUT2D eigenvalue weighted by molar-refractivity contribution is 5.96. The van der Waals surface area contributed by atoms with E-state index in [-0.39, 0.29) is 30.8 Å². The number of azo groups is 1. The van der Waals surface area contributed by atoms with Gasteiger partial charge in [0.25, 0.3) is 5.91 Å². The van der Waals surface area contributed by atoms with Crippen LogP contribution in [0.4, 0.5) is 5.69 Å². The molecule has 1 aliphatic rings. The van der Waals surface area contributed by atoms with Crippen LogP contribution in [0.2, 0.25) is 0 Å². The topological polar surface area (TPSA) is 117 Å². The molecular weight excluding hydrogens is 398 g/mol. The van der Waals surface area contributed by atoms with Crippen LogP contribution in [0.1, 0.15) is 24.9 Å². The molecule has 2 unspecified atom stereocenters. The SMILES string of the molecule is CCOC(=O)Cn1c(O)c(N=NC(=O)C2CC(c3ccccc3)NN2)c2ccccc21. The summed E-state index contributed by atoms with van der Waals surface area (Å²) in [6, 6.07) is 16.3. The standard InChI is InChI=1S/C22H23N5O4/c1-2-31-19(28)13-27-18-11-7-6-10-15(18)20(22(27)30)25-26-21(29)17-12-16(23-24-17)14-8-4-3-5-9-14/h3-11,16-17,23-24,30H,2,12-13H2,1H3. The van der Waals surface area contributed by atoms with Crippen molar-refractivity contribution in [1.29, 1.82) is 0 Å². The van der Waals surface area contributed by atoms with Gasteiger partial charge < -0.3 is 9.84 Å². The number of carbonyl (C=O) groups excluding carboxylic acids is 2. The molecular formula is C22H23N5O4. The Morgan fingerprint density at radius 2 is 1.87 bits per heavy atom. The van der Waals surface area contributed by atoms with Crippen molar-refractivity contribution in [1.82, 2.24) is 15.4 Å². The van der Waals surface area contributed by atoms with Crippen LogP contribution in [0, 0.1) is 0 Å². The van der Waals surface area contributed by atoms with Gasteiger partial charge in [0.15, 0.2) is 5.69 Å². The lowest BCUT2D eigenvalue weighted by Crippen LogP contribution is -2.35. The number of rotatable bonds is 6. The largest absolute Gasteiger partial charge is 0.493 e. The van der Waals surface area contributed by atoms with Crippen molar-refractivity contribution in [3.8, 4) is 5.88 Å².